The molecule has 5 heteroatoms. The number of halogens is 2. The van der Waals surface area contributed by atoms with Crippen LogP contribution in [-0.4, -0.2) is 11.5 Å². The Labute approximate surface area is 115 Å². The van der Waals surface area contributed by atoms with E-state index in [2.05, 4.69) is 9.88 Å². The van der Waals surface area contributed by atoms with Gasteiger partial charge in [-0.15, -0.1) is 0 Å². The van der Waals surface area contributed by atoms with Crippen LogP contribution in [0.4, 0.5) is 15.9 Å². The van der Waals surface area contributed by atoms with E-state index in [0.29, 0.717) is 17.4 Å². The van der Waals surface area contributed by atoms with Crippen molar-refractivity contribution >= 4 is 23.1 Å². The molecule has 2 N–H and O–H groups in total. The lowest BCUT2D eigenvalue weighted by molar-refractivity contribution is 0.627. The molecule has 2 aromatic rings. The molecule has 0 bridgehead atoms. The maximum Gasteiger partial charge on any atom is 0.125 e. The fourth-order valence-corrected chi connectivity index (χ4v) is 2.54. The number of rotatable bonds is 2. The van der Waals surface area contributed by atoms with Crippen LogP contribution in [0.5, 0.6) is 0 Å². The molecule has 1 aromatic carbocycles. The van der Waals surface area contributed by atoms with E-state index in [-0.39, 0.29) is 5.82 Å². The number of nitrogens with two attached hydrogens (primary N) is 1. The number of benzene rings is 1. The molecule has 0 aliphatic carbocycles. The van der Waals surface area contributed by atoms with Crippen LogP contribution in [0.1, 0.15) is 11.3 Å². The number of nitrogen functional groups attached to an aromatic ring is 1. The van der Waals surface area contributed by atoms with Crippen molar-refractivity contribution in [2.24, 2.45) is 0 Å². The predicted octanol–water partition coefficient (Wildman–Crippen LogP) is 3.02. The van der Waals surface area contributed by atoms with Crippen molar-refractivity contribution in [1.29, 1.82) is 0 Å². The van der Waals surface area contributed by atoms with E-state index in [0.717, 1.165) is 29.9 Å². The number of hydrogen-bond acceptors (Lipinski definition) is 3. The molecule has 0 atom stereocenters. The van der Waals surface area contributed by atoms with E-state index >= 15 is 0 Å². The van der Waals surface area contributed by atoms with Crippen LogP contribution in [-0.2, 0) is 13.0 Å². The Hall–Kier alpha value is -1.81. The molecule has 1 aromatic heterocycles. The van der Waals surface area contributed by atoms with Crippen LogP contribution < -0.4 is 10.6 Å². The van der Waals surface area contributed by atoms with E-state index < -0.39 is 0 Å². The van der Waals surface area contributed by atoms with Crippen LogP contribution in [0.25, 0.3) is 0 Å². The zero-order chi connectivity index (χ0) is 13.4. The number of anilines is 2. The number of nitrogens with zero attached hydrogens (tertiary/aromatic N) is 2. The van der Waals surface area contributed by atoms with Gasteiger partial charge in [0.2, 0.25) is 0 Å². The molecule has 0 unspecified atom stereocenters. The second-order valence-corrected chi connectivity index (χ2v) is 5.02. The largest absolute Gasteiger partial charge is 0.384 e. The summed E-state index contributed by atoms with van der Waals surface area (Å²) in [5.41, 5.74) is 8.46. The summed E-state index contributed by atoms with van der Waals surface area (Å²) in [6.07, 6.45) is 0.912. The molecule has 1 aliphatic rings. The zero-order valence-corrected chi connectivity index (χ0v) is 11.0. The fourth-order valence-electron chi connectivity index (χ4n) is 2.38. The fraction of sp³-hybridized carbons (Fsp3) is 0.214. The average molecular weight is 278 g/mol. The Balaban J connectivity index is 1.90. The van der Waals surface area contributed by atoms with Gasteiger partial charge in [0.1, 0.15) is 11.6 Å². The Morgan fingerprint density at radius 3 is 3.00 bits per heavy atom. The third kappa shape index (κ3) is 2.36. The van der Waals surface area contributed by atoms with Gasteiger partial charge >= 0.3 is 0 Å². The van der Waals surface area contributed by atoms with Crippen molar-refractivity contribution in [2.45, 2.75) is 13.0 Å². The number of fused-ring (bicyclic) bond motifs is 1. The number of aromatic nitrogens is 1. The summed E-state index contributed by atoms with van der Waals surface area (Å²) < 4.78 is 13.3. The van der Waals surface area contributed by atoms with Gasteiger partial charge in [-0.1, -0.05) is 17.7 Å². The zero-order valence-electron chi connectivity index (χ0n) is 10.2. The summed E-state index contributed by atoms with van der Waals surface area (Å²) in [5, 5.41) is 0.582. The van der Waals surface area contributed by atoms with Crippen molar-refractivity contribution < 1.29 is 4.39 Å². The summed E-state index contributed by atoms with van der Waals surface area (Å²) in [6, 6.07) is 8.29. The number of hydrogen-bond donors (Lipinski definition) is 1. The molecular formula is C14H13ClFN3. The molecule has 0 fully saturated rings. The normalized spacial score (nSPS) is 13.7. The summed E-state index contributed by atoms with van der Waals surface area (Å²) in [7, 11) is 0. The highest BCUT2D eigenvalue weighted by atomic mass is 35.5. The second kappa shape index (κ2) is 4.70. The van der Waals surface area contributed by atoms with Gasteiger partial charge in [0.25, 0.3) is 0 Å². The molecular weight excluding hydrogens is 265 g/mol. The van der Waals surface area contributed by atoms with E-state index in [1.165, 1.54) is 6.07 Å². The first-order chi connectivity index (χ1) is 9.13. The summed E-state index contributed by atoms with van der Waals surface area (Å²) >= 11 is 6.11. The minimum Gasteiger partial charge on any atom is -0.384 e. The SMILES string of the molecule is Nc1ccc(Cl)c(CN2CCc3ccc(F)cc32)n1. The molecule has 3 nitrogen and oxygen atoms in total. The van der Waals surface area contributed by atoms with E-state index in [1.54, 1.807) is 18.2 Å². The topological polar surface area (TPSA) is 42.1 Å². The highest BCUT2D eigenvalue weighted by molar-refractivity contribution is 6.31. The number of pyridine rings is 1. The van der Waals surface area contributed by atoms with Crippen molar-refractivity contribution in [3.05, 3.63) is 52.4 Å². The first kappa shape index (κ1) is 12.2. The van der Waals surface area contributed by atoms with Crippen LogP contribution in [0, 0.1) is 5.82 Å². The van der Waals surface area contributed by atoms with Gasteiger partial charge < -0.3 is 10.6 Å². The summed E-state index contributed by atoms with van der Waals surface area (Å²) in [4.78, 5) is 6.32. The molecule has 0 radical (unpaired) electrons. The smallest absolute Gasteiger partial charge is 0.125 e. The van der Waals surface area contributed by atoms with Gasteiger partial charge in [0.05, 0.1) is 17.3 Å². The van der Waals surface area contributed by atoms with Crippen LogP contribution >= 0.6 is 11.6 Å². The third-order valence-corrected chi connectivity index (χ3v) is 3.66. The molecule has 0 amide bonds. The molecule has 19 heavy (non-hydrogen) atoms. The van der Waals surface area contributed by atoms with Crippen molar-refractivity contribution in [1.82, 2.24) is 4.98 Å². The molecule has 2 heterocycles. The molecule has 0 saturated carbocycles. The molecule has 1 aliphatic heterocycles. The lowest BCUT2D eigenvalue weighted by Crippen LogP contribution is -2.21. The minimum absolute atomic E-state index is 0.225. The molecule has 98 valence electrons. The first-order valence-electron chi connectivity index (χ1n) is 6.08. The van der Waals surface area contributed by atoms with Crippen LogP contribution in [0.3, 0.4) is 0 Å². The maximum absolute atomic E-state index is 13.3. The quantitative estimate of drug-likeness (QED) is 0.917. The Morgan fingerprint density at radius 2 is 2.16 bits per heavy atom. The van der Waals surface area contributed by atoms with Gasteiger partial charge in [-0.25, -0.2) is 9.37 Å². The standard InChI is InChI=1S/C14H13ClFN3/c15-11-3-4-14(17)18-12(11)8-19-6-5-9-1-2-10(16)7-13(9)19/h1-4,7H,5-6,8H2,(H2,17,18). The van der Waals surface area contributed by atoms with E-state index in [1.807, 2.05) is 6.07 Å². The Bertz CT molecular complexity index is 630. The highest BCUT2D eigenvalue weighted by Gasteiger charge is 2.20. The van der Waals surface area contributed by atoms with Crippen molar-refractivity contribution in [3.63, 3.8) is 0 Å². The van der Waals surface area contributed by atoms with Gasteiger partial charge in [-0.2, -0.15) is 0 Å². The van der Waals surface area contributed by atoms with Crippen LogP contribution in [0.15, 0.2) is 30.3 Å². The van der Waals surface area contributed by atoms with Crippen molar-refractivity contribution in [3.8, 4) is 0 Å². The van der Waals surface area contributed by atoms with Gasteiger partial charge in [0, 0.05) is 12.2 Å². The minimum atomic E-state index is -0.225. The Kier molecular flexibility index (Phi) is 3.03. The molecule has 0 spiro atoms. The first-order valence-corrected chi connectivity index (χ1v) is 6.45. The molecule has 3 rings (SSSR count). The highest BCUT2D eigenvalue weighted by Crippen LogP contribution is 2.30. The lowest BCUT2D eigenvalue weighted by Gasteiger charge is -2.19. The second-order valence-electron chi connectivity index (χ2n) is 4.61. The lowest BCUT2D eigenvalue weighted by atomic mass is 10.2. The maximum atomic E-state index is 13.3. The summed E-state index contributed by atoms with van der Waals surface area (Å²) in [5.74, 6) is 0.218. The van der Waals surface area contributed by atoms with Crippen LogP contribution in [0.2, 0.25) is 5.02 Å². The van der Waals surface area contributed by atoms with Gasteiger partial charge in [-0.05, 0) is 36.2 Å². The average Bonchev–Trinajstić information content (AvgIpc) is 2.77. The van der Waals surface area contributed by atoms with Gasteiger partial charge in [0.15, 0.2) is 0 Å². The Morgan fingerprint density at radius 1 is 1.32 bits per heavy atom. The molecule has 0 saturated heterocycles. The van der Waals surface area contributed by atoms with E-state index in [9.17, 15) is 4.39 Å². The third-order valence-electron chi connectivity index (χ3n) is 3.32. The predicted molar refractivity (Wildman–Crippen MR) is 74.8 cm³/mol. The van der Waals surface area contributed by atoms with Gasteiger partial charge in [-0.3, -0.25) is 0 Å². The monoisotopic (exact) mass is 277 g/mol. The van der Waals surface area contributed by atoms with Crippen molar-refractivity contribution in [2.75, 3.05) is 17.2 Å². The summed E-state index contributed by atoms with van der Waals surface area (Å²) in [6.45, 7) is 1.38. The van der Waals surface area contributed by atoms with E-state index in [4.69, 9.17) is 17.3 Å².